The quantitative estimate of drug-likeness (QED) is 0.746. The van der Waals surface area contributed by atoms with Crippen LogP contribution in [0, 0.1) is 5.92 Å². The van der Waals surface area contributed by atoms with Gasteiger partial charge in [0.15, 0.2) is 0 Å². The van der Waals surface area contributed by atoms with Crippen LogP contribution in [0.1, 0.15) is 47.5 Å². The number of hydrogen-bond donors (Lipinski definition) is 0. The van der Waals surface area contributed by atoms with Crippen molar-refractivity contribution in [2.24, 2.45) is 5.92 Å². The summed E-state index contributed by atoms with van der Waals surface area (Å²) in [5.74, 6) is 1.07. The third-order valence-corrected chi connectivity index (χ3v) is 2.59. The summed E-state index contributed by atoms with van der Waals surface area (Å²) >= 11 is 0. The molecule has 0 radical (unpaired) electrons. The Morgan fingerprint density at radius 3 is 1.88 bits per heavy atom. The molecule has 0 aromatic carbocycles. The van der Waals surface area contributed by atoms with E-state index >= 15 is 0 Å². The van der Waals surface area contributed by atoms with Crippen LogP contribution in [-0.4, -0.2) is 49.4 Å². The summed E-state index contributed by atoms with van der Waals surface area (Å²) in [6, 6.07) is 0. The maximum Gasteiger partial charge on any atom is 0.236 e. The van der Waals surface area contributed by atoms with E-state index in [1.165, 1.54) is 12.8 Å². The summed E-state index contributed by atoms with van der Waals surface area (Å²) in [5, 5.41) is 0. The molecule has 1 saturated heterocycles. The largest absolute Gasteiger partial charge is 0.342 e. The van der Waals surface area contributed by atoms with Crippen LogP contribution in [0.4, 0.5) is 0 Å². The lowest BCUT2D eigenvalue weighted by Gasteiger charge is -2.31. The van der Waals surface area contributed by atoms with E-state index in [1.807, 2.05) is 51.6 Å². The Balaban J connectivity index is 0. The number of piperidine rings is 1. The summed E-state index contributed by atoms with van der Waals surface area (Å²) in [6.45, 7) is 12.7. The number of likely N-dealkylation sites (tertiary alicyclic amines) is 1. The molecule has 0 bridgehead atoms. The highest BCUT2D eigenvalue weighted by Gasteiger charge is 2.19. The van der Waals surface area contributed by atoms with Crippen molar-refractivity contribution in [1.29, 1.82) is 0 Å². The molecule has 0 atom stereocenters. The number of carbonyl (C=O) groups is 1. The number of carbonyl (C=O) groups excluding carboxylic acids is 1. The van der Waals surface area contributed by atoms with Gasteiger partial charge in [-0.3, -0.25) is 4.79 Å². The van der Waals surface area contributed by atoms with Crippen molar-refractivity contribution in [2.75, 3.05) is 33.7 Å². The Morgan fingerprint density at radius 1 is 1.12 bits per heavy atom. The zero-order valence-electron chi connectivity index (χ0n) is 12.9. The molecule has 0 N–H and O–H groups in total. The first-order valence-electron chi connectivity index (χ1n) is 7.02. The van der Waals surface area contributed by atoms with Crippen LogP contribution < -0.4 is 0 Å². The van der Waals surface area contributed by atoms with E-state index in [0.29, 0.717) is 6.54 Å². The van der Waals surface area contributed by atoms with Crippen molar-refractivity contribution in [2.45, 2.75) is 47.5 Å². The van der Waals surface area contributed by atoms with Gasteiger partial charge in [0.25, 0.3) is 0 Å². The lowest BCUT2D eigenvalue weighted by molar-refractivity contribution is -0.133. The average Bonchev–Trinajstić information content (AvgIpc) is 2.34. The van der Waals surface area contributed by atoms with Gasteiger partial charge >= 0.3 is 0 Å². The summed E-state index contributed by atoms with van der Waals surface area (Å²) < 4.78 is 0. The van der Waals surface area contributed by atoms with Crippen LogP contribution in [0.2, 0.25) is 0 Å². The average molecular weight is 244 g/mol. The fourth-order valence-electron chi connectivity index (χ4n) is 1.63. The molecule has 0 unspecified atom stereocenters. The van der Waals surface area contributed by atoms with Crippen molar-refractivity contribution < 1.29 is 4.79 Å². The molecular weight excluding hydrogens is 212 g/mol. The Kier molecular flexibility index (Phi) is 13.2. The molecule has 3 nitrogen and oxygen atoms in total. The summed E-state index contributed by atoms with van der Waals surface area (Å²) in [7, 11) is 3.87. The Labute approximate surface area is 108 Å². The minimum absolute atomic E-state index is 0.275. The van der Waals surface area contributed by atoms with Gasteiger partial charge < -0.3 is 9.80 Å². The van der Waals surface area contributed by atoms with E-state index in [1.54, 1.807) is 0 Å². The van der Waals surface area contributed by atoms with Gasteiger partial charge in [-0.1, -0.05) is 34.6 Å². The summed E-state index contributed by atoms with van der Waals surface area (Å²) in [6.07, 6.45) is 2.33. The van der Waals surface area contributed by atoms with Crippen molar-refractivity contribution in [1.82, 2.24) is 9.80 Å². The second-order valence-electron chi connectivity index (χ2n) is 4.30. The smallest absolute Gasteiger partial charge is 0.236 e. The highest BCUT2D eigenvalue weighted by molar-refractivity contribution is 5.78. The molecule has 1 fully saturated rings. The van der Waals surface area contributed by atoms with E-state index in [2.05, 4.69) is 6.92 Å². The van der Waals surface area contributed by atoms with Crippen molar-refractivity contribution in [3.05, 3.63) is 0 Å². The lowest BCUT2D eigenvalue weighted by atomic mass is 9.99. The molecule has 0 spiro atoms. The monoisotopic (exact) mass is 244 g/mol. The van der Waals surface area contributed by atoms with Crippen molar-refractivity contribution >= 4 is 5.91 Å². The van der Waals surface area contributed by atoms with Crippen LogP contribution in [0.15, 0.2) is 0 Å². The summed E-state index contributed by atoms with van der Waals surface area (Å²) in [5.41, 5.74) is 0. The fraction of sp³-hybridized carbons (Fsp3) is 0.929. The normalized spacial score (nSPS) is 15.6. The number of hydrogen-bond acceptors (Lipinski definition) is 2. The molecule has 1 amide bonds. The number of rotatable bonds is 2. The standard InChI is InChI=1S/C10H20N2O.2C2H6/c1-9-4-6-12(7-5-9)10(13)8-11(2)3;2*1-2/h9H,4-8H2,1-3H3;2*1-2H3. The van der Waals surface area contributed by atoms with E-state index < -0.39 is 0 Å². The molecule has 0 aliphatic carbocycles. The van der Waals surface area contributed by atoms with Gasteiger partial charge in [-0.15, -0.1) is 0 Å². The van der Waals surface area contributed by atoms with Gasteiger partial charge in [0.2, 0.25) is 5.91 Å². The highest BCUT2D eigenvalue weighted by Crippen LogP contribution is 2.15. The van der Waals surface area contributed by atoms with Gasteiger partial charge in [-0.25, -0.2) is 0 Å². The van der Waals surface area contributed by atoms with Gasteiger partial charge in [0, 0.05) is 13.1 Å². The number of likely N-dealkylation sites (N-methyl/N-ethyl adjacent to an activating group) is 1. The Morgan fingerprint density at radius 2 is 1.53 bits per heavy atom. The zero-order valence-corrected chi connectivity index (χ0v) is 12.9. The topological polar surface area (TPSA) is 23.6 Å². The predicted octanol–water partition coefficient (Wildman–Crippen LogP) is 2.86. The first kappa shape index (κ1) is 18.8. The van der Waals surface area contributed by atoms with Crippen LogP contribution in [0.25, 0.3) is 0 Å². The molecular formula is C14H32N2O. The molecule has 0 aromatic heterocycles. The number of amides is 1. The molecule has 1 aliphatic rings. The predicted molar refractivity (Wildman–Crippen MR) is 76.2 cm³/mol. The van der Waals surface area contributed by atoms with Crippen LogP contribution in [-0.2, 0) is 4.79 Å². The van der Waals surface area contributed by atoms with Gasteiger partial charge in [0.05, 0.1) is 6.54 Å². The fourth-order valence-corrected chi connectivity index (χ4v) is 1.63. The minimum Gasteiger partial charge on any atom is -0.342 e. The first-order chi connectivity index (χ1) is 8.09. The molecule has 1 heterocycles. The highest BCUT2D eigenvalue weighted by atomic mass is 16.2. The molecule has 3 heteroatoms. The third kappa shape index (κ3) is 9.16. The lowest BCUT2D eigenvalue weighted by Crippen LogP contribution is -2.42. The zero-order chi connectivity index (χ0) is 13.8. The Hall–Kier alpha value is -0.570. The SMILES string of the molecule is CC.CC.CC1CCN(C(=O)CN(C)C)CC1. The number of nitrogens with zero attached hydrogens (tertiary/aromatic N) is 2. The van der Waals surface area contributed by atoms with Crippen molar-refractivity contribution in [3.63, 3.8) is 0 Å². The van der Waals surface area contributed by atoms with E-state index in [9.17, 15) is 4.79 Å². The molecule has 0 saturated carbocycles. The van der Waals surface area contributed by atoms with Gasteiger partial charge in [-0.2, -0.15) is 0 Å². The van der Waals surface area contributed by atoms with Gasteiger partial charge in [0.1, 0.15) is 0 Å². The maximum atomic E-state index is 11.6. The molecule has 0 aromatic rings. The third-order valence-electron chi connectivity index (χ3n) is 2.59. The molecule has 104 valence electrons. The van der Waals surface area contributed by atoms with E-state index in [-0.39, 0.29) is 5.91 Å². The maximum absolute atomic E-state index is 11.6. The minimum atomic E-state index is 0.275. The van der Waals surface area contributed by atoms with Crippen LogP contribution in [0.5, 0.6) is 0 Å². The summed E-state index contributed by atoms with van der Waals surface area (Å²) in [4.78, 5) is 15.5. The van der Waals surface area contributed by atoms with Crippen LogP contribution >= 0.6 is 0 Å². The molecule has 1 aliphatic heterocycles. The second-order valence-corrected chi connectivity index (χ2v) is 4.30. The molecule has 1 rings (SSSR count). The van der Waals surface area contributed by atoms with Crippen molar-refractivity contribution in [3.8, 4) is 0 Å². The Bertz CT molecular complexity index is 173. The molecule has 17 heavy (non-hydrogen) atoms. The van der Waals surface area contributed by atoms with Crippen LogP contribution in [0.3, 0.4) is 0 Å². The van der Waals surface area contributed by atoms with Gasteiger partial charge in [-0.05, 0) is 32.9 Å². The second kappa shape index (κ2) is 11.9. The van der Waals surface area contributed by atoms with E-state index in [0.717, 1.165) is 19.0 Å². The first-order valence-corrected chi connectivity index (χ1v) is 7.02. The van der Waals surface area contributed by atoms with E-state index in [4.69, 9.17) is 0 Å².